The van der Waals surface area contributed by atoms with Crippen molar-refractivity contribution in [2.75, 3.05) is 0 Å². The van der Waals surface area contributed by atoms with E-state index in [1.807, 2.05) is 0 Å². The SMILES string of the molecule is OCc1nnn(-c2nc3c(s2)CCCC3)c1C(F)(F)F. The van der Waals surface area contributed by atoms with Crippen LogP contribution in [0.25, 0.3) is 5.13 Å². The van der Waals surface area contributed by atoms with Gasteiger partial charge in [0.2, 0.25) is 5.13 Å². The molecule has 0 bridgehead atoms. The summed E-state index contributed by atoms with van der Waals surface area (Å²) in [5.74, 6) is 0. The zero-order valence-corrected chi connectivity index (χ0v) is 11.1. The average molecular weight is 304 g/mol. The summed E-state index contributed by atoms with van der Waals surface area (Å²) >= 11 is 1.21. The molecular weight excluding hydrogens is 293 g/mol. The zero-order chi connectivity index (χ0) is 14.3. The second kappa shape index (κ2) is 4.81. The molecule has 0 amide bonds. The van der Waals surface area contributed by atoms with Gasteiger partial charge < -0.3 is 5.11 Å². The molecule has 1 aliphatic rings. The number of halogens is 3. The fourth-order valence-corrected chi connectivity index (χ4v) is 3.37. The summed E-state index contributed by atoms with van der Waals surface area (Å²) in [5.41, 5.74) is -0.679. The molecule has 1 aliphatic carbocycles. The van der Waals surface area contributed by atoms with Crippen LogP contribution in [0.3, 0.4) is 0 Å². The second-order valence-electron chi connectivity index (χ2n) is 4.53. The first-order chi connectivity index (χ1) is 9.50. The van der Waals surface area contributed by atoms with E-state index >= 15 is 0 Å². The van der Waals surface area contributed by atoms with Gasteiger partial charge in [-0.3, -0.25) is 0 Å². The van der Waals surface area contributed by atoms with E-state index in [1.54, 1.807) is 0 Å². The predicted molar refractivity (Wildman–Crippen MR) is 64.6 cm³/mol. The van der Waals surface area contributed by atoms with Crippen LogP contribution in [0.4, 0.5) is 13.2 Å². The second-order valence-corrected chi connectivity index (χ2v) is 5.59. The first-order valence-corrected chi connectivity index (χ1v) is 6.94. The monoisotopic (exact) mass is 304 g/mol. The van der Waals surface area contributed by atoms with Crippen molar-refractivity contribution in [3.63, 3.8) is 0 Å². The Balaban J connectivity index is 2.10. The highest BCUT2D eigenvalue weighted by Crippen LogP contribution is 2.35. The number of aromatic nitrogens is 4. The maximum Gasteiger partial charge on any atom is 0.435 e. The molecule has 9 heteroatoms. The number of fused-ring (bicyclic) bond motifs is 1. The number of hydrogen-bond acceptors (Lipinski definition) is 5. The number of alkyl halides is 3. The molecule has 0 saturated heterocycles. The minimum absolute atomic E-state index is 0.163. The third-order valence-electron chi connectivity index (χ3n) is 3.17. The summed E-state index contributed by atoms with van der Waals surface area (Å²) in [4.78, 5) is 5.25. The molecule has 0 unspecified atom stereocenters. The number of aliphatic hydroxyl groups is 1. The Morgan fingerprint density at radius 3 is 2.65 bits per heavy atom. The van der Waals surface area contributed by atoms with Crippen LogP contribution in [0.1, 0.15) is 34.8 Å². The van der Waals surface area contributed by atoms with Gasteiger partial charge in [0.1, 0.15) is 5.69 Å². The molecule has 0 spiro atoms. The molecule has 20 heavy (non-hydrogen) atoms. The van der Waals surface area contributed by atoms with Gasteiger partial charge in [-0.15, -0.1) is 5.10 Å². The summed E-state index contributed by atoms with van der Waals surface area (Å²) in [5, 5.41) is 16.0. The van der Waals surface area contributed by atoms with E-state index in [9.17, 15) is 13.2 Å². The van der Waals surface area contributed by atoms with Gasteiger partial charge in [-0.1, -0.05) is 16.6 Å². The Morgan fingerprint density at radius 2 is 2.00 bits per heavy atom. The summed E-state index contributed by atoms with van der Waals surface area (Å²) in [6.07, 6.45) is -0.972. The van der Waals surface area contributed by atoms with Crippen molar-refractivity contribution >= 4 is 11.3 Å². The van der Waals surface area contributed by atoms with Crippen molar-refractivity contribution in [2.45, 2.75) is 38.5 Å². The van der Waals surface area contributed by atoms with E-state index in [1.165, 1.54) is 11.3 Å². The number of aliphatic hydroxyl groups excluding tert-OH is 1. The van der Waals surface area contributed by atoms with E-state index in [4.69, 9.17) is 5.11 Å². The van der Waals surface area contributed by atoms with Crippen LogP contribution in [0.5, 0.6) is 0 Å². The summed E-state index contributed by atoms with van der Waals surface area (Å²) in [6, 6.07) is 0. The lowest BCUT2D eigenvalue weighted by molar-refractivity contribution is -0.143. The number of aryl methyl sites for hydroxylation is 2. The minimum atomic E-state index is -4.63. The standard InChI is InChI=1S/C11H11F3N4OS/c12-11(13,14)9-7(5-19)16-17-18(9)10-15-6-3-1-2-4-8(6)20-10/h19H,1-5H2. The molecule has 108 valence electrons. The van der Waals surface area contributed by atoms with E-state index in [0.29, 0.717) is 4.68 Å². The molecule has 5 nitrogen and oxygen atoms in total. The fourth-order valence-electron chi connectivity index (χ4n) is 2.27. The molecule has 0 radical (unpaired) electrons. The quantitative estimate of drug-likeness (QED) is 0.923. The summed E-state index contributed by atoms with van der Waals surface area (Å²) < 4.78 is 39.9. The van der Waals surface area contributed by atoms with Crippen molar-refractivity contribution < 1.29 is 18.3 Å². The molecule has 3 rings (SSSR count). The van der Waals surface area contributed by atoms with E-state index < -0.39 is 24.2 Å². The van der Waals surface area contributed by atoms with Gasteiger partial charge in [0, 0.05) is 4.88 Å². The molecule has 0 fully saturated rings. The Kier molecular flexibility index (Phi) is 3.25. The number of thiazole rings is 1. The lowest BCUT2D eigenvalue weighted by Crippen LogP contribution is -2.15. The zero-order valence-electron chi connectivity index (χ0n) is 10.3. The van der Waals surface area contributed by atoms with Crippen molar-refractivity contribution in [2.24, 2.45) is 0 Å². The molecular formula is C11H11F3N4OS. The number of nitrogens with zero attached hydrogens (tertiary/aromatic N) is 4. The summed E-state index contributed by atoms with van der Waals surface area (Å²) in [6.45, 7) is -0.806. The third-order valence-corrected chi connectivity index (χ3v) is 4.31. The molecule has 2 aromatic heterocycles. The van der Waals surface area contributed by atoms with Crippen molar-refractivity contribution in [1.82, 2.24) is 20.0 Å². The molecule has 1 N–H and O–H groups in total. The lowest BCUT2D eigenvalue weighted by atomic mass is 10.0. The van der Waals surface area contributed by atoms with Gasteiger partial charge in [0.25, 0.3) is 0 Å². The smallest absolute Gasteiger partial charge is 0.390 e. The van der Waals surface area contributed by atoms with Crippen LogP contribution in [-0.2, 0) is 25.6 Å². The maximum absolute atomic E-state index is 13.1. The lowest BCUT2D eigenvalue weighted by Gasteiger charge is -2.08. The van der Waals surface area contributed by atoms with E-state index in [-0.39, 0.29) is 5.13 Å². The fraction of sp³-hybridized carbons (Fsp3) is 0.545. The Labute approximate surface area is 116 Å². The normalized spacial score (nSPS) is 15.4. The van der Waals surface area contributed by atoms with E-state index in [0.717, 1.165) is 36.3 Å². The first-order valence-electron chi connectivity index (χ1n) is 6.12. The van der Waals surface area contributed by atoms with Crippen LogP contribution >= 0.6 is 11.3 Å². The highest BCUT2D eigenvalue weighted by atomic mass is 32.1. The van der Waals surface area contributed by atoms with Gasteiger partial charge in [0.15, 0.2) is 5.69 Å². The molecule has 2 aromatic rings. The van der Waals surface area contributed by atoms with Crippen LogP contribution in [-0.4, -0.2) is 25.1 Å². The van der Waals surface area contributed by atoms with Crippen LogP contribution < -0.4 is 0 Å². The van der Waals surface area contributed by atoms with Gasteiger partial charge in [0.05, 0.1) is 12.3 Å². The predicted octanol–water partition coefficient (Wildman–Crippen LogP) is 2.11. The summed E-state index contributed by atoms with van der Waals surface area (Å²) in [7, 11) is 0. The van der Waals surface area contributed by atoms with Gasteiger partial charge in [-0.25, -0.2) is 4.98 Å². The van der Waals surface area contributed by atoms with Gasteiger partial charge in [-0.2, -0.15) is 17.9 Å². The highest BCUT2D eigenvalue weighted by Gasteiger charge is 2.40. The first kappa shape index (κ1) is 13.5. The highest BCUT2D eigenvalue weighted by molar-refractivity contribution is 7.14. The molecule has 2 heterocycles. The third kappa shape index (κ3) is 2.20. The number of hydrogen-bond donors (Lipinski definition) is 1. The van der Waals surface area contributed by atoms with Crippen molar-refractivity contribution in [3.8, 4) is 5.13 Å². The molecule has 0 saturated carbocycles. The van der Waals surface area contributed by atoms with Crippen LogP contribution in [0, 0.1) is 0 Å². The van der Waals surface area contributed by atoms with Gasteiger partial charge in [-0.05, 0) is 25.7 Å². The minimum Gasteiger partial charge on any atom is -0.390 e. The Morgan fingerprint density at radius 1 is 1.25 bits per heavy atom. The largest absolute Gasteiger partial charge is 0.435 e. The van der Waals surface area contributed by atoms with E-state index in [2.05, 4.69) is 15.3 Å². The van der Waals surface area contributed by atoms with Crippen LogP contribution in [0.15, 0.2) is 0 Å². The molecule has 0 aromatic carbocycles. The van der Waals surface area contributed by atoms with Crippen LogP contribution in [0.2, 0.25) is 0 Å². The Hall–Kier alpha value is -1.48. The molecule has 0 atom stereocenters. The Bertz CT molecular complexity index is 611. The average Bonchev–Trinajstić information content (AvgIpc) is 3.01. The molecule has 0 aliphatic heterocycles. The van der Waals surface area contributed by atoms with Gasteiger partial charge >= 0.3 is 6.18 Å². The van der Waals surface area contributed by atoms with Crippen molar-refractivity contribution in [1.29, 1.82) is 0 Å². The van der Waals surface area contributed by atoms with Crippen molar-refractivity contribution in [3.05, 3.63) is 22.0 Å². The maximum atomic E-state index is 13.1. The topological polar surface area (TPSA) is 63.8 Å². The number of rotatable bonds is 2.